The fourth-order valence-corrected chi connectivity index (χ4v) is 0.863. The summed E-state index contributed by atoms with van der Waals surface area (Å²) in [4.78, 5) is 11.4. The van der Waals surface area contributed by atoms with Gasteiger partial charge in [0.1, 0.15) is 11.6 Å². The molecule has 1 atom stereocenters. The molecule has 0 saturated heterocycles. The zero-order valence-corrected chi connectivity index (χ0v) is 8.39. The molecule has 13 heavy (non-hydrogen) atoms. The number of nitrogens with one attached hydrogen (secondary N) is 1. The first kappa shape index (κ1) is 12.1. The van der Waals surface area contributed by atoms with Gasteiger partial charge in [0, 0.05) is 6.54 Å². The Morgan fingerprint density at radius 2 is 2.46 bits per heavy atom. The summed E-state index contributed by atoms with van der Waals surface area (Å²) in [5.41, 5.74) is 5.48. The fourth-order valence-electron chi connectivity index (χ4n) is 0.622. The van der Waals surface area contributed by atoms with Crippen molar-refractivity contribution in [2.24, 2.45) is 5.73 Å². The Hall–Kier alpha value is -0.940. The van der Waals surface area contributed by atoms with Gasteiger partial charge in [0.2, 0.25) is 0 Å². The van der Waals surface area contributed by atoms with E-state index in [1.807, 2.05) is 6.92 Å². The molecule has 0 aromatic carbocycles. The van der Waals surface area contributed by atoms with E-state index < -0.39 is 12.0 Å². The minimum Gasteiger partial charge on any atom is -0.460 e. The lowest BCUT2D eigenvalue weighted by atomic mass is 10.3. The average Bonchev–Trinajstić information content (AvgIpc) is 2.13. The molecule has 0 aliphatic rings. The SMILES string of the molecule is C=CCOC(=O)C(N)C(=S)NCC. The number of rotatable bonds is 5. The Bertz CT molecular complexity index is 206. The maximum absolute atomic E-state index is 11.1. The highest BCUT2D eigenvalue weighted by Gasteiger charge is 2.18. The summed E-state index contributed by atoms with van der Waals surface area (Å²) in [6, 6.07) is -0.880. The molecule has 0 radical (unpaired) electrons. The van der Waals surface area contributed by atoms with Gasteiger partial charge < -0.3 is 15.8 Å². The van der Waals surface area contributed by atoms with Crippen molar-refractivity contribution < 1.29 is 9.53 Å². The zero-order chi connectivity index (χ0) is 10.3. The molecule has 4 nitrogen and oxygen atoms in total. The van der Waals surface area contributed by atoms with Crippen molar-refractivity contribution in [3.8, 4) is 0 Å². The molecule has 0 spiro atoms. The number of carbonyl (C=O) groups excluding carboxylic acids is 1. The third-order valence-corrected chi connectivity index (χ3v) is 1.63. The van der Waals surface area contributed by atoms with Crippen LogP contribution in [0.15, 0.2) is 12.7 Å². The zero-order valence-electron chi connectivity index (χ0n) is 7.58. The van der Waals surface area contributed by atoms with Crippen LogP contribution in [0.1, 0.15) is 6.92 Å². The molecule has 0 heterocycles. The van der Waals surface area contributed by atoms with Gasteiger partial charge in [0.05, 0.1) is 0 Å². The van der Waals surface area contributed by atoms with E-state index in [-0.39, 0.29) is 6.61 Å². The van der Waals surface area contributed by atoms with Crippen LogP contribution >= 0.6 is 12.2 Å². The number of esters is 1. The van der Waals surface area contributed by atoms with Crippen molar-refractivity contribution in [2.75, 3.05) is 13.2 Å². The first-order valence-electron chi connectivity index (χ1n) is 3.94. The van der Waals surface area contributed by atoms with E-state index in [1.54, 1.807) is 0 Å². The molecule has 1 unspecified atom stereocenters. The van der Waals surface area contributed by atoms with Gasteiger partial charge in [0.25, 0.3) is 0 Å². The van der Waals surface area contributed by atoms with Crippen molar-refractivity contribution in [1.82, 2.24) is 5.32 Å². The Kier molecular flexibility index (Phi) is 6.09. The quantitative estimate of drug-likeness (QED) is 0.373. The minimum atomic E-state index is -0.880. The highest BCUT2D eigenvalue weighted by molar-refractivity contribution is 7.80. The van der Waals surface area contributed by atoms with E-state index >= 15 is 0 Å². The topological polar surface area (TPSA) is 64.3 Å². The second-order valence-corrected chi connectivity index (χ2v) is 2.73. The molecule has 74 valence electrons. The van der Waals surface area contributed by atoms with Crippen LogP contribution in [-0.4, -0.2) is 30.2 Å². The smallest absolute Gasteiger partial charge is 0.330 e. The van der Waals surface area contributed by atoms with Gasteiger partial charge in [-0.25, -0.2) is 4.79 Å². The Morgan fingerprint density at radius 3 is 2.92 bits per heavy atom. The Morgan fingerprint density at radius 1 is 1.85 bits per heavy atom. The third kappa shape index (κ3) is 4.59. The predicted octanol–water partition coefficient (Wildman–Crippen LogP) is -0.0202. The summed E-state index contributed by atoms with van der Waals surface area (Å²) < 4.78 is 4.71. The molecular weight excluding hydrogens is 188 g/mol. The average molecular weight is 202 g/mol. The van der Waals surface area contributed by atoms with E-state index in [1.165, 1.54) is 6.08 Å². The summed E-state index contributed by atoms with van der Waals surface area (Å²) in [5, 5.41) is 2.78. The number of nitrogens with two attached hydrogens (primary N) is 1. The lowest BCUT2D eigenvalue weighted by Gasteiger charge is -2.12. The van der Waals surface area contributed by atoms with Crippen LogP contribution in [0.4, 0.5) is 0 Å². The van der Waals surface area contributed by atoms with Crippen LogP contribution in [0.2, 0.25) is 0 Å². The molecule has 0 rings (SSSR count). The van der Waals surface area contributed by atoms with Crippen LogP contribution in [0.5, 0.6) is 0 Å². The molecule has 0 aliphatic heterocycles. The van der Waals surface area contributed by atoms with Crippen LogP contribution in [0.3, 0.4) is 0 Å². The molecule has 0 aromatic rings. The summed E-state index contributed by atoms with van der Waals surface area (Å²) in [6.45, 7) is 6.07. The first-order valence-corrected chi connectivity index (χ1v) is 4.35. The fraction of sp³-hybridized carbons (Fsp3) is 0.500. The number of thiocarbonyl (C=S) groups is 1. The standard InChI is InChI=1S/C8H14N2O2S/c1-3-5-12-8(11)6(9)7(13)10-4-2/h3,6H,1,4-5,9H2,2H3,(H,10,13). The summed E-state index contributed by atoms with van der Waals surface area (Å²) in [6.07, 6.45) is 1.47. The van der Waals surface area contributed by atoms with E-state index in [0.717, 1.165) is 0 Å². The number of hydrogen-bond donors (Lipinski definition) is 2. The second kappa shape index (κ2) is 6.56. The van der Waals surface area contributed by atoms with Crippen molar-refractivity contribution in [2.45, 2.75) is 13.0 Å². The van der Waals surface area contributed by atoms with Crippen LogP contribution < -0.4 is 11.1 Å². The normalized spacial score (nSPS) is 11.5. The third-order valence-electron chi connectivity index (χ3n) is 1.23. The van der Waals surface area contributed by atoms with Gasteiger partial charge in [-0.05, 0) is 6.92 Å². The first-order chi connectivity index (χ1) is 6.13. The van der Waals surface area contributed by atoms with E-state index in [4.69, 9.17) is 22.7 Å². The lowest BCUT2D eigenvalue weighted by Crippen LogP contribution is -2.45. The van der Waals surface area contributed by atoms with Gasteiger partial charge >= 0.3 is 5.97 Å². The van der Waals surface area contributed by atoms with Crippen molar-refractivity contribution >= 4 is 23.2 Å². The van der Waals surface area contributed by atoms with Gasteiger partial charge in [-0.3, -0.25) is 0 Å². The molecule has 3 N–H and O–H groups in total. The van der Waals surface area contributed by atoms with Crippen molar-refractivity contribution in [3.05, 3.63) is 12.7 Å². The summed E-state index contributed by atoms with van der Waals surface area (Å²) in [7, 11) is 0. The van der Waals surface area contributed by atoms with E-state index in [2.05, 4.69) is 11.9 Å². The molecule has 0 amide bonds. The van der Waals surface area contributed by atoms with Crippen LogP contribution in [-0.2, 0) is 9.53 Å². The molecule has 0 aliphatic carbocycles. The molecular formula is C8H14N2O2S. The van der Waals surface area contributed by atoms with Gasteiger partial charge in [-0.1, -0.05) is 24.9 Å². The molecule has 0 saturated carbocycles. The van der Waals surface area contributed by atoms with Crippen molar-refractivity contribution in [1.29, 1.82) is 0 Å². The molecule has 0 fully saturated rings. The molecule has 0 aromatic heterocycles. The number of hydrogen-bond acceptors (Lipinski definition) is 4. The highest BCUT2D eigenvalue weighted by Crippen LogP contribution is 1.88. The number of likely N-dealkylation sites (N-methyl/N-ethyl adjacent to an activating group) is 1. The second-order valence-electron chi connectivity index (χ2n) is 2.29. The van der Waals surface area contributed by atoms with Crippen molar-refractivity contribution in [3.63, 3.8) is 0 Å². The highest BCUT2D eigenvalue weighted by atomic mass is 32.1. The maximum Gasteiger partial charge on any atom is 0.330 e. The Balaban J connectivity index is 3.93. The number of carbonyl (C=O) groups is 1. The molecule has 0 bridgehead atoms. The minimum absolute atomic E-state index is 0.154. The van der Waals surface area contributed by atoms with Gasteiger partial charge in [0.15, 0.2) is 6.04 Å². The van der Waals surface area contributed by atoms with Gasteiger partial charge in [-0.15, -0.1) is 0 Å². The van der Waals surface area contributed by atoms with E-state index in [0.29, 0.717) is 11.5 Å². The predicted molar refractivity (Wildman–Crippen MR) is 55.4 cm³/mol. The number of ether oxygens (including phenoxy) is 1. The van der Waals surface area contributed by atoms with Crippen LogP contribution in [0.25, 0.3) is 0 Å². The summed E-state index contributed by atoms with van der Waals surface area (Å²) >= 11 is 4.84. The van der Waals surface area contributed by atoms with Gasteiger partial charge in [-0.2, -0.15) is 0 Å². The molecule has 5 heteroatoms. The van der Waals surface area contributed by atoms with E-state index in [9.17, 15) is 4.79 Å². The maximum atomic E-state index is 11.1. The monoisotopic (exact) mass is 202 g/mol. The largest absolute Gasteiger partial charge is 0.460 e. The lowest BCUT2D eigenvalue weighted by molar-refractivity contribution is -0.142. The summed E-state index contributed by atoms with van der Waals surface area (Å²) in [5.74, 6) is -0.536. The van der Waals surface area contributed by atoms with Crippen LogP contribution in [0, 0.1) is 0 Å². The Labute approximate surface area is 83.1 Å².